The maximum Gasteiger partial charge on any atom is 0.327 e. The molecular weight excluding hydrogens is 228 g/mol. The monoisotopic (exact) mass is 244 g/mol. The lowest BCUT2D eigenvalue weighted by Crippen LogP contribution is -2.49. The molecule has 0 unspecified atom stereocenters. The fraction of sp³-hybridized carbons (Fsp3) is 0.727. The Morgan fingerprint density at radius 2 is 1.76 bits per heavy atom. The lowest BCUT2D eigenvalue weighted by Gasteiger charge is -2.31. The third-order valence-electron chi connectivity index (χ3n) is 2.57. The quantitative estimate of drug-likeness (QED) is 0.405. The molecule has 0 aromatic carbocycles. The molecule has 0 aliphatic carbocycles. The summed E-state index contributed by atoms with van der Waals surface area (Å²) in [5.74, 6) is -1.80. The zero-order valence-electron chi connectivity index (χ0n) is 9.99. The zero-order chi connectivity index (χ0) is 12.9. The molecule has 1 aliphatic heterocycles. The highest BCUT2D eigenvalue weighted by atomic mass is 16.6. The molecule has 6 heteroatoms. The number of hydrogen-bond donors (Lipinski definition) is 0. The molecule has 6 nitrogen and oxygen atoms in total. The lowest BCUT2D eigenvalue weighted by molar-refractivity contribution is -0.184. The minimum atomic E-state index is -1.49. The standard InChI is InChI=1S/C11H16O6/c1-3-15-9(13)11(10(14)16-4-2)6-5-8(12)17-7-11/h3-7H2,1-2H3. The van der Waals surface area contributed by atoms with Crippen molar-refractivity contribution in [2.24, 2.45) is 5.41 Å². The number of rotatable bonds is 4. The van der Waals surface area contributed by atoms with Gasteiger partial charge in [-0.05, 0) is 20.3 Å². The van der Waals surface area contributed by atoms with Gasteiger partial charge < -0.3 is 14.2 Å². The fourth-order valence-electron chi connectivity index (χ4n) is 1.61. The molecule has 1 fully saturated rings. The van der Waals surface area contributed by atoms with Crippen molar-refractivity contribution >= 4 is 17.9 Å². The molecule has 0 spiro atoms. The molecule has 96 valence electrons. The maximum absolute atomic E-state index is 11.8. The summed E-state index contributed by atoms with van der Waals surface area (Å²) in [5.41, 5.74) is -1.49. The van der Waals surface area contributed by atoms with E-state index in [1.165, 1.54) is 0 Å². The van der Waals surface area contributed by atoms with Crippen LogP contribution >= 0.6 is 0 Å². The van der Waals surface area contributed by atoms with Gasteiger partial charge in [-0.1, -0.05) is 0 Å². The average Bonchev–Trinajstić information content (AvgIpc) is 2.31. The van der Waals surface area contributed by atoms with Crippen molar-refractivity contribution in [2.45, 2.75) is 26.7 Å². The van der Waals surface area contributed by atoms with Gasteiger partial charge in [-0.3, -0.25) is 14.4 Å². The Hall–Kier alpha value is -1.59. The first kappa shape index (κ1) is 13.5. The van der Waals surface area contributed by atoms with Crippen LogP contribution in [0, 0.1) is 5.41 Å². The van der Waals surface area contributed by atoms with Crippen LogP contribution in [-0.4, -0.2) is 37.7 Å². The molecule has 0 aromatic rings. The van der Waals surface area contributed by atoms with E-state index < -0.39 is 23.3 Å². The molecule has 1 heterocycles. The van der Waals surface area contributed by atoms with Gasteiger partial charge in [0.1, 0.15) is 6.61 Å². The number of esters is 3. The largest absolute Gasteiger partial charge is 0.465 e. The summed E-state index contributed by atoms with van der Waals surface area (Å²) in [7, 11) is 0. The fourth-order valence-corrected chi connectivity index (χ4v) is 1.61. The molecule has 0 bridgehead atoms. The molecule has 0 saturated carbocycles. The van der Waals surface area contributed by atoms with Crippen LogP contribution < -0.4 is 0 Å². The van der Waals surface area contributed by atoms with Crippen molar-refractivity contribution in [3.8, 4) is 0 Å². The SMILES string of the molecule is CCOC(=O)C1(C(=O)OCC)CCC(=O)OC1. The zero-order valence-corrected chi connectivity index (χ0v) is 9.99. The second kappa shape index (κ2) is 5.65. The molecule has 0 N–H and O–H groups in total. The molecule has 1 rings (SSSR count). The number of carbonyl (C=O) groups excluding carboxylic acids is 3. The van der Waals surface area contributed by atoms with Gasteiger partial charge in [0.15, 0.2) is 5.41 Å². The van der Waals surface area contributed by atoms with Crippen LogP contribution in [0.4, 0.5) is 0 Å². The van der Waals surface area contributed by atoms with Gasteiger partial charge in [0.25, 0.3) is 0 Å². The minimum absolute atomic E-state index is 0.0115. The van der Waals surface area contributed by atoms with Crippen LogP contribution in [0.3, 0.4) is 0 Å². The van der Waals surface area contributed by atoms with Crippen LogP contribution in [0.1, 0.15) is 26.7 Å². The summed E-state index contributed by atoms with van der Waals surface area (Å²) in [6.45, 7) is 3.31. The average molecular weight is 244 g/mol. The summed E-state index contributed by atoms with van der Waals surface area (Å²) in [5, 5.41) is 0. The Morgan fingerprint density at radius 1 is 1.24 bits per heavy atom. The van der Waals surface area contributed by atoms with Gasteiger partial charge in [-0.15, -0.1) is 0 Å². The van der Waals surface area contributed by atoms with Gasteiger partial charge in [-0.2, -0.15) is 0 Å². The van der Waals surface area contributed by atoms with Gasteiger partial charge in [0.2, 0.25) is 0 Å². The van der Waals surface area contributed by atoms with Crippen molar-refractivity contribution in [3.05, 3.63) is 0 Å². The summed E-state index contributed by atoms with van der Waals surface area (Å²) >= 11 is 0. The van der Waals surface area contributed by atoms with E-state index in [1.54, 1.807) is 13.8 Å². The van der Waals surface area contributed by atoms with Crippen molar-refractivity contribution < 1.29 is 28.6 Å². The second-order valence-electron chi connectivity index (χ2n) is 3.68. The van der Waals surface area contributed by atoms with Crippen molar-refractivity contribution in [3.63, 3.8) is 0 Å². The van der Waals surface area contributed by atoms with Gasteiger partial charge >= 0.3 is 17.9 Å². The summed E-state index contributed by atoms with van der Waals surface area (Å²) in [4.78, 5) is 34.6. The highest BCUT2D eigenvalue weighted by molar-refractivity contribution is 6.01. The maximum atomic E-state index is 11.8. The van der Waals surface area contributed by atoms with E-state index in [0.29, 0.717) is 0 Å². The van der Waals surface area contributed by atoms with Gasteiger partial charge in [-0.25, -0.2) is 0 Å². The van der Waals surface area contributed by atoms with E-state index in [-0.39, 0.29) is 32.7 Å². The third-order valence-corrected chi connectivity index (χ3v) is 2.57. The highest BCUT2D eigenvalue weighted by Crippen LogP contribution is 2.32. The third kappa shape index (κ3) is 2.75. The number of carbonyl (C=O) groups is 3. The minimum Gasteiger partial charge on any atom is -0.465 e. The molecule has 1 saturated heterocycles. The Balaban J connectivity index is 2.88. The lowest BCUT2D eigenvalue weighted by atomic mass is 9.82. The van der Waals surface area contributed by atoms with Crippen LogP contribution in [0.2, 0.25) is 0 Å². The van der Waals surface area contributed by atoms with Gasteiger partial charge in [0.05, 0.1) is 13.2 Å². The predicted octanol–water partition coefficient (Wildman–Crippen LogP) is 0.436. The number of hydrogen-bond acceptors (Lipinski definition) is 6. The van der Waals surface area contributed by atoms with E-state index in [1.807, 2.05) is 0 Å². The Morgan fingerprint density at radius 3 is 2.12 bits per heavy atom. The normalized spacial score (nSPS) is 18.1. The van der Waals surface area contributed by atoms with Crippen molar-refractivity contribution in [1.29, 1.82) is 0 Å². The van der Waals surface area contributed by atoms with Crippen LogP contribution in [-0.2, 0) is 28.6 Å². The van der Waals surface area contributed by atoms with E-state index in [2.05, 4.69) is 0 Å². The summed E-state index contributed by atoms with van der Waals surface area (Å²) in [6, 6.07) is 0. The van der Waals surface area contributed by atoms with Crippen LogP contribution in [0.25, 0.3) is 0 Å². The van der Waals surface area contributed by atoms with Crippen molar-refractivity contribution in [2.75, 3.05) is 19.8 Å². The first-order valence-corrected chi connectivity index (χ1v) is 5.57. The molecule has 0 amide bonds. The van der Waals surface area contributed by atoms with Crippen molar-refractivity contribution in [1.82, 2.24) is 0 Å². The second-order valence-corrected chi connectivity index (χ2v) is 3.68. The first-order chi connectivity index (χ1) is 8.06. The van der Waals surface area contributed by atoms with E-state index in [0.717, 1.165) is 0 Å². The predicted molar refractivity (Wildman–Crippen MR) is 55.9 cm³/mol. The Bertz CT molecular complexity index is 292. The number of cyclic esters (lactones) is 1. The Kier molecular flexibility index (Phi) is 4.48. The van der Waals surface area contributed by atoms with E-state index in [9.17, 15) is 14.4 Å². The molecule has 1 aliphatic rings. The molecular formula is C11H16O6. The molecule has 17 heavy (non-hydrogen) atoms. The topological polar surface area (TPSA) is 78.9 Å². The smallest absolute Gasteiger partial charge is 0.327 e. The highest BCUT2D eigenvalue weighted by Gasteiger charge is 2.52. The first-order valence-electron chi connectivity index (χ1n) is 5.57. The number of ether oxygens (including phenoxy) is 3. The van der Waals surface area contributed by atoms with Crippen LogP contribution in [0.15, 0.2) is 0 Å². The van der Waals surface area contributed by atoms with Crippen LogP contribution in [0.5, 0.6) is 0 Å². The molecule has 0 atom stereocenters. The molecule has 0 radical (unpaired) electrons. The summed E-state index contributed by atoms with van der Waals surface area (Å²) in [6.07, 6.45) is 0.0845. The summed E-state index contributed by atoms with van der Waals surface area (Å²) < 4.78 is 14.5. The van der Waals surface area contributed by atoms with E-state index >= 15 is 0 Å². The van der Waals surface area contributed by atoms with Gasteiger partial charge in [0, 0.05) is 6.42 Å². The Labute approximate surface area is 99.2 Å². The van der Waals surface area contributed by atoms with E-state index in [4.69, 9.17) is 14.2 Å². The molecule has 0 aromatic heterocycles.